The van der Waals surface area contributed by atoms with Crippen LogP contribution in [0.5, 0.6) is 0 Å². The molecule has 4 rings (SSSR count). The number of carbonyl (C=O) groups excluding carboxylic acids is 2. The van der Waals surface area contributed by atoms with Crippen LogP contribution in [-0.2, 0) is 9.59 Å². The van der Waals surface area contributed by atoms with Crippen LogP contribution in [0.1, 0.15) is 44.3 Å². The number of nitrogens with zero attached hydrogens (tertiary/aromatic N) is 1. The monoisotopic (exact) mass is 383 g/mol. The van der Waals surface area contributed by atoms with Crippen molar-refractivity contribution in [3.05, 3.63) is 36.1 Å². The molecule has 2 aromatic rings. The summed E-state index contributed by atoms with van der Waals surface area (Å²) >= 11 is 0. The lowest BCUT2D eigenvalue weighted by Gasteiger charge is -2.34. The molecule has 3 unspecified atom stereocenters. The second kappa shape index (κ2) is 8.35. The molecule has 0 saturated carbocycles. The molecule has 2 N–H and O–H groups in total. The zero-order valence-electron chi connectivity index (χ0n) is 16.4. The first-order valence-electron chi connectivity index (χ1n) is 10.4. The van der Waals surface area contributed by atoms with Crippen LogP contribution in [0.2, 0.25) is 0 Å². The molecule has 3 atom stereocenters. The maximum Gasteiger partial charge on any atom is 0.237 e. The molecular formula is C22H29N3O3. The van der Waals surface area contributed by atoms with E-state index in [2.05, 4.69) is 10.6 Å². The fraction of sp³-hybridized carbons (Fsp3) is 0.545. The Morgan fingerprint density at radius 3 is 2.93 bits per heavy atom. The molecular weight excluding hydrogens is 354 g/mol. The Morgan fingerprint density at radius 2 is 2.14 bits per heavy atom. The summed E-state index contributed by atoms with van der Waals surface area (Å²) in [5, 5.41) is 7.33. The maximum absolute atomic E-state index is 13.0. The number of rotatable bonds is 5. The average molecular weight is 383 g/mol. The van der Waals surface area contributed by atoms with Gasteiger partial charge in [0.1, 0.15) is 11.3 Å². The van der Waals surface area contributed by atoms with E-state index in [1.54, 1.807) is 0 Å². The molecule has 3 heterocycles. The van der Waals surface area contributed by atoms with Gasteiger partial charge in [-0.05, 0) is 57.2 Å². The molecule has 2 amide bonds. The van der Waals surface area contributed by atoms with Crippen LogP contribution in [0.25, 0.3) is 11.0 Å². The number of para-hydroxylation sites is 1. The highest BCUT2D eigenvalue weighted by Gasteiger charge is 2.30. The second-order valence-electron chi connectivity index (χ2n) is 8.09. The molecule has 0 bridgehead atoms. The maximum atomic E-state index is 13.0. The van der Waals surface area contributed by atoms with Crippen molar-refractivity contribution in [2.45, 2.75) is 44.6 Å². The van der Waals surface area contributed by atoms with E-state index in [1.807, 2.05) is 42.2 Å². The summed E-state index contributed by atoms with van der Waals surface area (Å²) in [5.41, 5.74) is 0.817. The summed E-state index contributed by atoms with van der Waals surface area (Å²) in [6.07, 6.45) is 3.99. The van der Waals surface area contributed by atoms with Crippen molar-refractivity contribution in [1.82, 2.24) is 15.5 Å². The highest BCUT2D eigenvalue weighted by molar-refractivity contribution is 5.85. The minimum Gasteiger partial charge on any atom is -0.460 e. The third-order valence-corrected chi connectivity index (χ3v) is 6.01. The molecule has 1 aromatic carbocycles. The van der Waals surface area contributed by atoms with Crippen LogP contribution in [0.4, 0.5) is 0 Å². The Morgan fingerprint density at radius 1 is 1.29 bits per heavy atom. The molecule has 0 radical (unpaired) electrons. The van der Waals surface area contributed by atoms with Gasteiger partial charge in [0.05, 0.1) is 12.0 Å². The largest absolute Gasteiger partial charge is 0.460 e. The van der Waals surface area contributed by atoms with Gasteiger partial charge >= 0.3 is 0 Å². The molecule has 6 heteroatoms. The summed E-state index contributed by atoms with van der Waals surface area (Å²) in [7, 11) is 0. The zero-order valence-corrected chi connectivity index (χ0v) is 16.4. The van der Waals surface area contributed by atoms with E-state index in [-0.39, 0.29) is 23.8 Å². The Labute approximate surface area is 165 Å². The molecule has 0 aliphatic carbocycles. The quantitative estimate of drug-likeness (QED) is 0.832. The fourth-order valence-electron chi connectivity index (χ4n) is 4.32. The molecule has 28 heavy (non-hydrogen) atoms. The van der Waals surface area contributed by atoms with E-state index in [0.29, 0.717) is 24.8 Å². The van der Waals surface area contributed by atoms with Gasteiger partial charge in [-0.15, -0.1) is 0 Å². The van der Waals surface area contributed by atoms with E-state index in [9.17, 15) is 9.59 Å². The Kier molecular flexibility index (Phi) is 5.67. The van der Waals surface area contributed by atoms with Gasteiger partial charge in [0.25, 0.3) is 0 Å². The fourth-order valence-corrected chi connectivity index (χ4v) is 4.32. The Balaban J connectivity index is 1.34. The number of furan rings is 1. The molecule has 0 spiro atoms. The molecule has 6 nitrogen and oxygen atoms in total. The highest BCUT2D eigenvalue weighted by atomic mass is 16.3. The first-order valence-corrected chi connectivity index (χ1v) is 10.4. The van der Waals surface area contributed by atoms with Crippen LogP contribution in [0.15, 0.2) is 34.7 Å². The number of hydrogen-bond donors (Lipinski definition) is 2. The third-order valence-electron chi connectivity index (χ3n) is 6.01. The lowest BCUT2D eigenvalue weighted by Crippen LogP contribution is -2.47. The lowest BCUT2D eigenvalue weighted by atomic mass is 9.96. The number of benzene rings is 1. The predicted molar refractivity (Wildman–Crippen MR) is 108 cm³/mol. The zero-order chi connectivity index (χ0) is 19.5. The molecule has 2 saturated heterocycles. The van der Waals surface area contributed by atoms with Gasteiger partial charge in [-0.25, -0.2) is 0 Å². The van der Waals surface area contributed by atoms with Crippen LogP contribution in [0, 0.1) is 5.92 Å². The average Bonchev–Trinajstić information content (AvgIpc) is 3.41. The first kappa shape index (κ1) is 19.0. The number of piperidine rings is 1. The summed E-state index contributed by atoms with van der Waals surface area (Å²) in [5.74, 6) is 0.924. The SMILES string of the molecule is CC(C(=O)N1CCCC(CNC(=O)C2CCCN2)C1)c1cc2ccccc2o1. The van der Waals surface area contributed by atoms with Gasteiger partial charge in [-0.3, -0.25) is 9.59 Å². The van der Waals surface area contributed by atoms with Crippen molar-refractivity contribution in [2.24, 2.45) is 5.92 Å². The molecule has 2 fully saturated rings. The van der Waals surface area contributed by atoms with Crippen molar-refractivity contribution in [3.8, 4) is 0 Å². The van der Waals surface area contributed by atoms with Gasteiger partial charge < -0.3 is 20.0 Å². The van der Waals surface area contributed by atoms with Crippen LogP contribution >= 0.6 is 0 Å². The van der Waals surface area contributed by atoms with Gasteiger partial charge in [-0.1, -0.05) is 18.2 Å². The molecule has 2 aliphatic rings. The third kappa shape index (κ3) is 4.07. The summed E-state index contributed by atoms with van der Waals surface area (Å²) in [4.78, 5) is 27.2. The van der Waals surface area contributed by atoms with Crippen molar-refractivity contribution < 1.29 is 14.0 Å². The van der Waals surface area contributed by atoms with E-state index < -0.39 is 0 Å². The summed E-state index contributed by atoms with van der Waals surface area (Å²) < 4.78 is 5.89. The predicted octanol–water partition coefficient (Wildman–Crippen LogP) is 2.64. The van der Waals surface area contributed by atoms with Crippen molar-refractivity contribution in [3.63, 3.8) is 0 Å². The van der Waals surface area contributed by atoms with Crippen molar-refractivity contribution in [2.75, 3.05) is 26.2 Å². The van der Waals surface area contributed by atoms with Crippen LogP contribution < -0.4 is 10.6 Å². The van der Waals surface area contributed by atoms with Gasteiger partial charge in [0.2, 0.25) is 11.8 Å². The van der Waals surface area contributed by atoms with E-state index in [0.717, 1.165) is 49.7 Å². The summed E-state index contributed by atoms with van der Waals surface area (Å²) in [6, 6.07) is 9.75. The standard InChI is InChI=1S/C22H29N3O3/c1-15(20-12-17-7-2-3-9-19(17)28-20)22(27)25-11-5-6-16(14-25)13-24-21(26)18-8-4-10-23-18/h2-3,7,9,12,15-16,18,23H,4-6,8,10-11,13-14H2,1H3,(H,24,26). The second-order valence-corrected chi connectivity index (χ2v) is 8.09. The van der Waals surface area contributed by atoms with Crippen LogP contribution in [-0.4, -0.2) is 48.9 Å². The van der Waals surface area contributed by atoms with Gasteiger partial charge in [-0.2, -0.15) is 0 Å². The number of amides is 2. The number of fused-ring (bicyclic) bond motifs is 1. The topological polar surface area (TPSA) is 74.6 Å². The minimum atomic E-state index is -0.302. The Hall–Kier alpha value is -2.34. The lowest BCUT2D eigenvalue weighted by molar-refractivity contribution is -0.134. The van der Waals surface area contributed by atoms with Crippen LogP contribution in [0.3, 0.4) is 0 Å². The number of likely N-dealkylation sites (tertiary alicyclic amines) is 1. The minimum absolute atomic E-state index is 0.0468. The van der Waals surface area contributed by atoms with E-state index in [4.69, 9.17) is 4.42 Å². The number of hydrogen-bond acceptors (Lipinski definition) is 4. The molecule has 150 valence electrons. The molecule has 1 aromatic heterocycles. The summed E-state index contributed by atoms with van der Waals surface area (Å²) in [6.45, 7) is 4.94. The normalized spacial score (nSPS) is 23.7. The van der Waals surface area contributed by atoms with Crippen molar-refractivity contribution in [1.29, 1.82) is 0 Å². The van der Waals surface area contributed by atoms with E-state index in [1.165, 1.54) is 0 Å². The van der Waals surface area contributed by atoms with E-state index >= 15 is 0 Å². The number of nitrogens with one attached hydrogen (secondary N) is 2. The van der Waals surface area contributed by atoms with Gasteiger partial charge in [0, 0.05) is 25.0 Å². The smallest absolute Gasteiger partial charge is 0.237 e. The number of carbonyl (C=O) groups is 2. The van der Waals surface area contributed by atoms with Gasteiger partial charge in [0.15, 0.2) is 0 Å². The molecule has 2 aliphatic heterocycles. The van der Waals surface area contributed by atoms with Crippen molar-refractivity contribution >= 4 is 22.8 Å². The first-order chi connectivity index (χ1) is 13.6. The Bertz CT molecular complexity index is 807. The highest BCUT2D eigenvalue weighted by Crippen LogP contribution is 2.28.